The lowest BCUT2D eigenvalue weighted by molar-refractivity contribution is -0.143. The molecule has 100 valence electrons. The monoisotopic (exact) mass is 260 g/mol. The molecule has 0 aliphatic rings. The second-order valence-corrected chi connectivity index (χ2v) is 3.99. The summed E-state index contributed by atoms with van der Waals surface area (Å²) >= 11 is 0. The Balaban J connectivity index is 2.14. The number of hydrogen-bond acceptors (Lipinski definition) is 5. The maximum atomic E-state index is 11.4. The Morgan fingerprint density at radius 2 is 2.26 bits per heavy atom. The highest BCUT2D eigenvalue weighted by molar-refractivity contribution is 5.73. The molecule has 2 rings (SSSR count). The number of carbonyl (C=O) groups excluding carboxylic acids is 1. The van der Waals surface area contributed by atoms with Gasteiger partial charge < -0.3 is 15.0 Å². The minimum atomic E-state index is -0.221. The van der Waals surface area contributed by atoms with Gasteiger partial charge in [0.25, 0.3) is 0 Å². The van der Waals surface area contributed by atoms with E-state index in [-0.39, 0.29) is 5.97 Å². The van der Waals surface area contributed by atoms with Crippen LogP contribution in [0.3, 0.4) is 0 Å². The van der Waals surface area contributed by atoms with Crippen LogP contribution in [0.15, 0.2) is 31.0 Å². The molecule has 2 N–H and O–H groups in total. The smallest absolute Gasteiger partial charge is 0.307 e. The minimum absolute atomic E-state index is 0.221. The molecule has 0 atom stereocenters. The van der Waals surface area contributed by atoms with Crippen LogP contribution in [0.5, 0.6) is 0 Å². The average Bonchev–Trinajstić information content (AvgIpc) is 2.85. The molecule has 0 aliphatic heterocycles. The van der Waals surface area contributed by atoms with Gasteiger partial charge in [0, 0.05) is 30.2 Å². The zero-order valence-corrected chi connectivity index (χ0v) is 10.7. The normalized spacial score (nSPS) is 10.4. The van der Waals surface area contributed by atoms with E-state index in [4.69, 9.17) is 10.5 Å². The van der Waals surface area contributed by atoms with Crippen LogP contribution in [0, 0.1) is 0 Å². The van der Waals surface area contributed by atoms with Crippen molar-refractivity contribution < 1.29 is 9.53 Å². The first kappa shape index (κ1) is 13.1. The summed E-state index contributed by atoms with van der Waals surface area (Å²) in [4.78, 5) is 19.5. The molecule has 0 fully saturated rings. The van der Waals surface area contributed by atoms with E-state index in [9.17, 15) is 4.79 Å². The number of ether oxygens (including phenoxy) is 1. The maximum absolute atomic E-state index is 11.4. The lowest BCUT2D eigenvalue weighted by atomic mass is 10.2. The Bertz CT molecular complexity index is 565. The largest absolute Gasteiger partial charge is 0.466 e. The maximum Gasteiger partial charge on any atom is 0.307 e. The molecule has 2 aromatic rings. The highest BCUT2D eigenvalue weighted by Crippen LogP contribution is 2.24. The van der Waals surface area contributed by atoms with Gasteiger partial charge in [-0.3, -0.25) is 9.78 Å². The van der Waals surface area contributed by atoms with E-state index in [1.165, 1.54) is 0 Å². The van der Waals surface area contributed by atoms with Crippen LogP contribution in [-0.4, -0.2) is 27.1 Å². The van der Waals surface area contributed by atoms with Crippen LogP contribution in [0.25, 0.3) is 11.3 Å². The molecule has 0 radical (unpaired) electrons. The minimum Gasteiger partial charge on any atom is -0.466 e. The number of rotatable bonds is 5. The fourth-order valence-corrected chi connectivity index (χ4v) is 1.79. The van der Waals surface area contributed by atoms with Gasteiger partial charge in [-0.2, -0.15) is 0 Å². The first-order chi connectivity index (χ1) is 9.22. The van der Waals surface area contributed by atoms with Crippen molar-refractivity contribution >= 4 is 11.7 Å². The third kappa shape index (κ3) is 3.09. The highest BCUT2D eigenvalue weighted by Gasteiger charge is 2.10. The van der Waals surface area contributed by atoms with Crippen LogP contribution < -0.4 is 5.73 Å². The quantitative estimate of drug-likeness (QED) is 0.823. The van der Waals surface area contributed by atoms with Crippen molar-refractivity contribution in [3.8, 4) is 11.3 Å². The van der Waals surface area contributed by atoms with Crippen LogP contribution in [-0.2, 0) is 16.1 Å². The lowest BCUT2D eigenvalue weighted by Gasteiger charge is -2.09. The predicted octanol–water partition coefficient (Wildman–Crippen LogP) is 1.48. The zero-order chi connectivity index (χ0) is 13.7. The number of aryl methyl sites for hydroxylation is 1. The van der Waals surface area contributed by atoms with E-state index < -0.39 is 0 Å². The summed E-state index contributed by atoms with van der Waals surface area (Å²) in [5.41, 5.74) is 8.20. The van der Waals surface area contributed by atoms with Gasteiger partial charge in [0.1, 0.15) is 0 Å². The molecule has 0 saturated heterocycles. The number of nitrogens with zero attached hydrogens (tertiary/aromatic N) is 3. The Labute approximate surface area is 111 Å². The number of esters is 1. The fourth-order valence-electron chi connectivity index (χ4n) is 1.79. The van der Waals surface area contributed by atoms with Crippen molar-refractivity contribution in [3.63, 3.8) is 0 Å². The van der Waals surface area contributed by atoms with Crippen molar-refractivity contribution in [2.75, 3.05) is 12.3 Å². The Kier molecular flexibility index (Phi) is 4.12. The predicted molar refractivity (Wildman–Crippen MR) is 71.1 cm³/mol. The summed E-state index contributed by atoms with van der Waals surface area (Å²) in [5.74, 6) is -0.221. The number of hydrogen-bond donors (Lipinski definition) is 1. The second kappa shape index (κ2) is 5.99. The first-order valence-electron chi connectivity index (χ1n) is 6.08. The summed E-state index contributed by atoms with van der Waals surface area (Å²) in [6.07, 6.45) is 7.00. The van der Waals surface area contributed by atoms with E-state index in [1.807, 2.05) is 4.57 Å². The van der Waals surface area contributed by atoms with Gasteiger partial charge in [-0.1, -0.05) is 0 Å². The molecule has 19 heavy (non-hydrogen) atoms. The third-order valence-corrected chi connectivity index (χ3v) is 2.71. The summed E-state index contributed by atoms with van der Waals surface area (Å²) < 4.78 is 6.77. The van der Waals surface area contributed by atoms with E-state index >= 15 is 0 Å². The summed E-state index contributed by atoms with van der Waals surface area (Å²) in [7, 11) is 0. The Hall–Kier alpha value is -2.37. The first-order valence-corrected chi connectivity index (χ1v) is 6.08. The molecular formula is C13H16N4O2. The molecule has 0 bridgehead atoms. The number of aromatic nitrogens is 3. The third-order valence-electron chi connectivity index (χ3n) is 2.71. The Morgan fingerprint density at radius 3 is 3.00 bits per heavy atom. The van der Waals surface area contributed by atoms with Gasteiger partial charge in [-0.25, -0.2) is 4.98 Å². The molecular weight excluding hydrogens is 244 g/mol. The van der Waals surface area contributed by atoms with Gasteiger partial charge in [-0.05, 0) is 13.0 Å². The van der Waals surface area contributed by atoms with Gasteiger partial charge >= 0.3 is 5.97 Å². The highest BCUT2D eigenvalue weighted by atomic mass is 16.5. The van der Waals surface area contributed by atoms with Gasteiger partial charge in [0.05, 0.1) is 31.2 Å². The molecule has 6 heteroatoms. The topological polar surface area (TPSA) is 83.0 Å². The molecule has 0 spiro atoms. The van der Waals surface area contributed by atoms with E-state index in [0.29, 0.717) is 25.3 Å². The molecule has 0 aromatic carbocycles. The number of anilines is 1. The number of pyridine rings is 1. The molecule has 0 amide bonds. The van der Waals surface area contributed by atoms with Crippen LogP contribution in [0.2, 0.25) is 0 Å². The van der Waals surface area contributed by atoms with Crippen molar-refractivity contribution in [3.05, 3.63) is 31.0 Å². The van der Waals surface area contributed by atoms with Gasteiger partial charge in [0.15, 0.2) is 0 Å². The summed E-state index contributed by atoms with van der Waals surface area (Å²) in [6.45, 7) is 2.69. The van der Waals surface area contributed by atoms with Crippen LogP contribution >= 0.6 is 0 Å². The zero-order valence-electron chi connectivity index (χ0n) is 10.7. The number of nitrogens with two attached hydrogens (primary N) is 1. The van der Waals surface area contributed by atoms with E-state index in [2.05, 4.69) is 9.97 Å². The molecule has 0 aliphatic carbocycles. The Morgan fingerprint density at radius 1 is 1.42 bits per heavy atom. The van der Waals surface area contributed by atoms with Crippen molar-refractivity contribution in [2.45, 2.75) is 19.9 Å². The average molecular weight is 260 g/mol. The van der Waals surface area contributed by atoms with E-state index in [1.54, 1.807) is 37.9 Å². The molecule has 0 unspecified atom stereocenters. The van der Waals surface area contributed by atoms with Crippen molar-refractivity contribution in [2.24, 2.45) is 0 Å². The second-order valence-electron chi connectivity index (χ2n) is 3.99. The van der Waals surface area contributed by atoms with E-state index in [0.717, 1.165) is 11.3 Å². The summed E-state index contributed by atoms with van der Waals surface area (Å²) in [6, 6.07) is 1.73. The standard InChI is InChI=1S/C13H16N4O2/c1-2-19-13(18)4-6-17-9-16-8-12(17)10-7-15-5-3-11(10)14/h3,5,7-9H,2,4,6H2,1H3,(H2,14,15). The van der Waals surface area contributed by atoms with Gasteiger partial charge in [-0.15, -0.1) is 0 Å². The fraction of sp³-hybridized carbons (Fsp3) is 0.308. The molecule has 2 heterocycles. The van der Waals surface area contributed by atoms with Crippen molar-refractivity contribution in [1.29, 1.82) is 0 Å². The number of carbonyl (C=O) groups is 1. The van der Waals surface area contributed by atoms with Crippen LogP contribution in [0.4, 0.5) is 5.69 Å². The van der Waals surface area contributed by atoms with Gasteiger partial charge in [0.2, 0.25) is 0 Å². The lowest BCUT2D eigenvalue weighted by Crippen LogP contribution is -2.09. The van der Waals surface area contributed by atoms with Crippen molar-refractivity contribution in [1.82, 2.24) is 14.5 Å². The number of imidazole rings is 1. The van der Waals surface area contributed by atoms with Crippen LogP contribution in [0.1, 0.15) is 13.3 Å². The number of nitrogen functional groups attached to an aromatic ring is 1. The SMILES string of the molecule is CCOC(=O)CCn1cncc1-c1cnccc1N. The molecule has 2 aromatic heterocycles. The summed E-state index contributed by atoms with van der Waals surface area (Å²) in [5, 5.41) is 0. The molecule has 0 saturated carbocycles. The molecule has 6 nitrogen and oxygen atoms in total.